The monoisotopic (exact) mass is 337 g/mol. The van der Waals surface area contributed by atoms with Gasteiger partial charge >= 0.3 is 5.97 Å². The first-order valence-corrected chi connectivity index (χ1v) is 6.97. The molecule has 0 fully saturated rings. The van der Waals surface area contributed by atoms with Gasteiger partial charge in [-0.1, -0.05) is 48.0 Å². The van der Waals surface area contributed by atoms with E-state index >= 15 is 0 Å². The molecule has 0 saturated carbocycles. The van der Waals surface area contributed by atoms with Crippen LogP contribution in [0, 0.1) is 6.92 Å². The van der Waals surface area contributed by atoms with Gasteiger partial charge < -0.3 is 5.11 Å². The number of aryl methyl sites for hydroxylation is 1. The van der Waals surface area contributed by atoms with Crippen molar-refractivity contribution in [1.29, 1.82) is 0 Å². The van der Waals surface area contributed by atoms with Crippen molar-refractivity contribution in [1.82, 2.24) is 15.0 Å². The molecule has 0 atom stereocenters. The average molecular weight is 338 g/mol. The highest BCUT2D eigenvalue weighted by molar-refractivity contribution is 9.10. The SMILES string of the molecule is Cc1ccc(Br)cc1-n1nnc(C(=O)O)c1C(C)(C)C. The average Bonchev–Trinajstić information content (AvgIpc) is 2.76. The number of carboxylic acids is 1. The van der Waals surface area contributed by atoms with E-state index in [0.717, 1.165) is 15.7 Å². The van der Waals surface area contributed by atoms with Crippen LogP contribution in [0.2, 0.25) is 0 Å². The van der Waals surface area contributed by atoms with Crippen LogP contribution in [0.3, 0.4) is 0 Å². The van der Waals surface area contributed by atoms with Gasteiger partial charge in [-0.3, -0.25) is 0 Å². The molecule has 6 heteroatoms. The number of carbonyl (C=O) groups is 1. The Morgan fingerprint density at radius 3 is 2.55 bits per heavy atom. The molecule has 0 bridgehead atoms. The zero-order valence-corrected chi connectivity index (χ0v) is 13.4. The van der Waals surface area contributed by atoms with Crippen molar-refractivity contribution in [2.75, 3.05) is 0 Å². The minimum Gasteiger partial charge on any atom is -0.476 e. The second-order valence-electron chi connectivity index (χ2n) is 5.68. The summed E-state index contributed by atoms with van der Waals surface area (Å²) in [5.74, 6) is -1.06. The number of hydrogen-bond donors (Lipinski definition) is 1. The van der Waals surface area contributed by atoms with Gasteiger partial charge in [0.1, 0.15) is 0 Å². The Bertz CT molecular complexity index is 672. The molecule has 5 nitrogen and oxygen atoms in total. The summed E-state index contributed by atoms with van der Waals surface area (Å²) in [6.07, 6.45) is 0. The van der Waals surface area contributed by atoms with Crippen LogP contribution in [0.25, 0.3) is 5.69 Å². The quantitative estimate of drug-likeness (QED) is 0.912. The lowest BCUT2D eigenvalue weighted by molar-refractivity contribution is 0.0687. The topological polar surface area (TPSA) is 68.0 Å². The Kier molecular flexibility index (Phi) is 3.69. The molecule has 1 aromatic carbocycles. The standard InChI is InChI=1S/C14H16BrN3O2/c1-8-5-6-9(15)7-10(8)18-12(14(2,3)4)11(13(19)20)16-17-18/h5-7H,1-4H3,(H,19,20). The molecule has 2 aromatic rings. The molecule has 0 spiro atoms. The van der Waals surface area contributed by atoms with Crippen molar-refractivity contribution < 1.29 is 9.90 Å². The Balaban J connectivity index is 2.75. The van der Waals surface area contributed by atoms with Gasteiger partial charge in [0.05, 0.1) is 11.4 Å². The fraction of sp³-hybridized carbons (Fsp3) is 0.357. The maximum Gasteiger partial charge on any atom is 0.358 e. The van der Waals surface area contributed by atoms with E-state index in [1.807, 2.05) is 45.9 Å². The molecule has 106 valence electrons. The number of rotatable bonds is 2. The Morgan fingerprint density at radius 2 is 2.00 bits per heavy atom. The van der Waals surface area contributed by atoms with Crippen LogP contribution in [0.15, 0.2) is 22.7 Å². The number of hydrogen-bond acceptors (Lipinski definition) is 3. The summed E-state index contributed by atoms with van der Waals surface area (Å²) < 4.78 is 2.52. The summed E-state index contributed by atoms with van der Waals surface area (Å²) in [4.78, 5) is 11.3. The normalized spacial score (nSPS) is 11.7. The third-order valence-electron chi connectivity index (χ3n) is 2.98. The van der Waals surface area contributed by atoms with Crippen molar-refractivity contribution in [3.05, 3.63) is 39.6 Å². The predicted molar refractivity (Wildman–Crippen MR) is 79.5 cm³/mol. The number of nitrogens with zero attached hydrogens (tertiary/aromatic N) is 3. The molecule has 0 aliphatic rings. The molecular formula is C14H16BrN3O2. The number of carboxylic acid groups (broad SMARTS) is 1. The first-order chi connectivity index (χ1) is 9.21. The molecule has 0 aliphatic heterocycles. The van der Waals surface area contributed by atoms with Gasteiger partial charge in [0.25, 0.3) is 0 Å². The second-order valence-corrected chi connectivity index (χ2v) is 6.60. The van der Waals surface area contributed by atoms with E-state index in [9.17, 15) is 9.90 Å². The van der Waals surface area contributed by atoms with Crippen molar-refractivity contribution in [3.8, 4) is 5.69 Å². The fourth-order valence-electron chi connectivity index (χ4n) is 2.08. The van der Waals surface area contributed by atoms with Gasteiger partial charge in [-0.15, -0.1) is 5.10 Å². The van der Waals surface area contributed by atoms with Crippen LogP contribution < -0.4 is 0 Å². The fourth-order valence-corrected chi connectivity index (χ4v) is 2.43. The summed E-state index contributed by atoms with van der Waals surface area (Å²) >= 11 is 3.43. The lowest BCUT2D eigenvalue weighted by Gasteiger charge is -2.21. The number of benzene rings is 1. The first kappa shape index (κ1) is 14.7. The summed E-state index contributed by atoms with van der Waals surface area (Å²) in [5, 5.41) is 17.2. The molecule has 0 saturated heterocycles. The Morgan fingerprint density at radius 1 is 1.35 bits per heavy atom. The summed E-state index contributed by atoms with van der Waals surface area (Å²) in [6, 6.07) is 5.80. The van der Waals surface area contributed by atoms with Crippen molar-refractivity contribution in [2.45, 2.75) is 33.1 Å². The predicted octanol–water partition coefficient (Wildman–Crippen LogP) is 3.33. The zero-order valence-electron chi connectivity index (χ0n) is 11.8. The largest absolute Gasteiger partial charge is 0.476 e. The molecule has 0 aliphatic carbocycles. The van der Waals surface area contributed by atoms with E-state index in [4.69, 9.17) is 0 Å². The van der Waals surface area contributed by atoms with Crippen LogP contribution in [0.1, 0.15) is 42.5 Å². The van der Waals surface area contributed by atoms with E-state index in [-0.39, 0.29) is 11.1 Å². The maximum atomic E-state index is 11.3. The zero-order chi connectivity index (χ0) is 15.1. The number of halogens is 1. The molecule has 1 N–H and O–H groups in total. The minimum absolute atomic E-state index is 0.00289. The smallest absolute Gasteiger partial charge is 0.358 e. The van der Waals surface area contributed by atoms with Crippen LogP contribution in [0.4, 0.5) is 0 Å². The number of aromatic carboxylic acids is 1. The van der Waals surface area contributed by atoms with E-state index in [1.165, 1.54) is 0 Å². The lowest BCUT2D eigenvalue weighted by Crippen LogP contribution is -2.21. The first-order valence-electron chi connectivity index (χ1n) is 6.18. The van der Waals surface area contributed by atoms with Gasteiger partial charge in [0.15, 0.2) is 5.69 Å². The summed E-state index contributed by atoms with van der Waals surface area (Å²) in [7, 11) is 0. The third-order valence-corrected chi connectivity index (χ3v) is 3.48. The second kappa shape index (κ2) is 5.01. The van der Waals surface area contributed by atoms with Crippen LogP contribution >= 0.6 is 15.9 Å². The van der Waals surface area contributed by atoms with Gasteiger partial charge in [-0.25, -0.2) is 9.48 Å². The maximum absolute atomic E-state index is 11.3. The van der Waals surface area contributed by atoms with E-state index in [2.05, 4.69) is 26.2 Å². The molecule has 0 unspecified atom stereocenters. The van der Waals surface area contributed by atoms with Crippen LogP contribution in [-0.4, -0.2) is 26.1 Å². The van der Waals surface area contributed by atoms with Gasteiger partial charge in [0, 0.05) is 9.89 Å². The lowest BCUT2D eigenvalue weighted by atomic mass is 9.90. The third kappa shape index (κ3) is 2.60. The van der Waals surface area contributed by atoms with Crippen molar-refractivity contribution >= 4 is 21.9 Å². The highest BCUT2D eigenvalue weighted by Gasteiger charge is 2.30. The molecule has 20 heavy (non-hydrogen) atoms. The van der Waals surface area contributed by atoms with Gasteiger partial charge in [0.2, 0.25) is 0 Å². The Hall–Kier alpha value is -1.69. The van der Waals surface area contributed by atoms with Crippen molar-refractivity contribution in [3.63, 3.8) is 0 Å². The highest BCUT2D eigenvalue weighted by atomic mass is 79.9. The number of aromatic nitrogens is 3. The van der Waals surface area contributed by atoms with Crippen molar-refractivity contribution in [2.24, 2.45) is 0 Å². The highest BCUT2D eigenvalue weighted by Crippen LogP contribution is 2.29. The minimum atomic E-state index is -1.06. The van der Waals surface area contributed by atoms with Crippen LogP contribution in [0.5, 0.6) is 0 Å². The van der Waals surface area contributed by atoms with E-state index in [1.54, 1.807) is 4.68 Å². The van der Waals surface area contributed by atoms with E-state index < -0.39 is 5.97 Å². The Labute approximate surface area is 125 Å². The molecule has 1 aromatic heterocycles. The van der Waals surface area contributed by atoms with Crippen LogP contribution in [-0.2, 0) is 5.41 Å². The molecule has 1 heterocycles. The molecule has 0 amide bonds. The van der Waals surface area contributed by atoms with Gasteiger partial charge in [-0.2, -0.15) is 0 Å². The van der Waals surface area contributed by atoms with Gasteiger partial charge in [-0.05, 0) is 24.6 Å². The summed E-state index contributed by atoms with van der Waals surface area (Å²) in [6.45, 7) is 7.79. The molecule has 2 rings (SSSR count). The van der Waals surface area contributed by atoms with E-state index in [0.29, 0.717) is 5.69 Å². The molecular weight excluding hydrogens is 322 g/mol. The molecule has 0 radical (unpaired) electrons. The summed E-state index contributed by atoms with van der Waals surface area (Å²) in [5.41, 5.74) is 2.03.